The van der Waals surface area contributed by atoms with Gasteiger partial charge in [-0.25, -0.2) is 0 Å². The van der Waals surface area contributed by atoms with E-state index in [2.05, 4.69) is 10.3 Å². The summed E-state index contributed by atoms with van der Waals surface area (Å²) in [4.78, 5) is 25.2. The van der Waals surface area contributed by atoms with Crippen LogP contribution in [0.1, 0.15) is 10.5 Å². The first-order valence-corrected chi connectivity index (χ1v) is 4.79. The third-order valence-electron chi connectivity index (χ3n) is 1.35. The number of carboxylic acid groups (broad SMARTS) is 1. The van der Waals surface area contributed by atoms with Crippen LogP contribution in [0.25, 0.3) is 0 Å². The Kier molecular flexibility index (Phi) is 3.81. The molecule has 0 aliphatic rings. The van der Waals surface area contributed by atoms with E-state index in [4.69, 9.17) is 5.11 Å². The summed E-state index contributed by atoms with van der Waals surface area (Å²) in [5.41, 5.74) is 0.221. The van der Waals surface area contributed by atoms with Gasteiger partial charge < -0.3 is 10.4 Å². The molecule has 0 fully saturated rings. The van der Waals surface area contributed by atoms with Crippen LogP contribution in [-0.2, 0) is 4.79 Å². The van der Waals surface area contributed by atoms with Crippen LogP contribution in [0.15, 0.2) is 18.3 Å². The Morgan fingerprint density at radius 1 is 1.57 bits per heavy atom. The molecule has 0 atom stereocenters. The first kappa shape index (κ1) is 10.9. The average Bonchev–Trinajstić information content (AvgIpc) is 2.14. The molecule has 14 heavy (non-hydrogen) atoms. The van der Waals surface area contributed by atoms with E-state index < -0.39 is 18.4 Å². The number of hydrogen-bond donors (Lipinski definition) is 2. The first-order valence-electron chi connectivity index (χ1n) is 3.71. The summed E-state index contributed by atoms with van der Waals surface area (Å²) in [6.07, 6.45) is 1.50. The standard InChI is InChI=1S/C8H7IN2O3/c9-5-1-2-10-6(3-5)8(14)11-4-7(12)13/h1-3H,4H2,(H,11,14)(H,12,13). The van der Waals surface area contributed by atoms with Gasteiger partial charge in [0.25, 0.3) is 5.91 Å². The summed E-state index contributed by atoms with van der Waals surface area (Å²) in [6.45, 7) is -0.397. The van der Waals surface area contributed by atoms with Gasteiger partial charge in [0.05, 0.1) is 0 Å². The van der Waals surface area contributed by atoms with Crippen LogP contribution < -0.4 is 5.32 Å². The Morgan fingerprint density at radius 3 is 2.86 bits per heavy atom. The molecule has 0 saturated heterocycles. The molecule has 0 unspecified atom stereocenters. The zero-order chi connectivity index (χ0) is 10.6. The van der Waals surface area contributed by atoms with E-state index in [1.54, 1.807) is 12.1 Å². The maximum absolute atomic E-state index is 11.3. The highest BCUT2D eigenvalue weighted by Gasteiger charge is 2.08. The number of aliphatic carboxylic acids is 1. The minimum atomic E-state index is -1.08. The van der Waals surface area contributed by atoms with E-state index in [9.17, 15) is 9.59 Å². The van der Waals surface area contributed by atoms with Crippen molar-refractivity contribution in [3.05, 3.63) is 27.6 Å². The van der Waals surface area contributed by atoms with Crippen molar-refractivity contribution in [3.8, 4) is 0 Å². The number of carboxylic acids is 1. The topological polar surface area (TPSA) is 79.3 Å². The molecule has 1 heterocycles. The van der Waals surface area contributed by atoms with E-state index in [1.807, 2.05) is 22.6 Å². The Labute approximate surface area is 93.7 Å². The highest BCUT2D eigenvalue weighted by atomic mass is 127. The number of amides is 1. The molecule has 0 aliphatic heterocycles. The number of rotatable bonds is 3. The van der Waals surface area contributed by atoms with Gasteiger partial charge in [-0.2, -0.15) is 0 Å². The van der Waals surface area contributed by atoms with Crippen LogP contribution in [0.2, 0.25) is 0 Å². The summed E-state index contributed by atoms with van der Waals surface area (Å²) in [7, 11) is 0. The van der Waals surface area contributed by atoms with Crippen LogP contribution in [0, 0.1) is 3.57 Å². The molecule has 1 rings (SSSR count). The van der Waals surface area contributed by atoms with Gasteiger partial charge in [-0.15, -0.1) is 0 Å². The lowest BCUT2D eigenvalue weighted by atomic mass is 10.3. The van der Waals surface area contributed by atoms with Crippen LogP contribution in [0.3, 0.4) is 0 Å². The second-order valence-corrected chi connectivity index (χ2v) is 3.68. The lowest BCUT2D eigenvalue weighted by molar-refractivity contribution is -0.135. The van der Waals surface area contributed by atoms with Gasteiger partial charge in [0.1, 0.15) is 12.2 Å². The molecule has 1 amide bonds. The Morgan fingerprint density at radius 2 is 2.29 bits per heavy atom. The van der Waals surface area contributed by atoms with Crippen molar-refractivity contribution in [1.29, 1.82) is 0 Å². The van der Waals surface area contributed by atoms with E-state index >= 15 is 0 Å². The predicted octanol–water partition coefficient (Wildman–Crippen LogP) is 0.501. The lowest BCUT2D eigenvalue weighted by Crippen LogP contribution is -2.29. The largest absolute Gasteiger partial charge is 0.480 e. The number of carbonyl (C=O) groups excluding carboxylic acids is 1. The molecule has 74 valence electrons. The third-order valence-corrected chi connectivity index (χ3v) is 2.03. The van der Waals surface area contributed by atoms with Crippen LogP contribution in [0.4, 0.5) is 0 Å². The van der Waals surface area contributed by atoms with E-state index in [0.29, 0.717) is 0 Å². The summed E-state index contributed by atoms with van der Waals surface area (Å²) < 4.78 is 0.873. The Bertz CT molecular complexity index is 367. The van der Waals surface area contributed by atoms with Gasteiger partial charge in [-0.05, 0) is 34.7 Å². The van der Waals surface area contributed by atoms with Crippen molar-refractivity contribution in [3.63, 3.8) is 0 Å². The molecule has 0 aromatic carbocycles. The van der Waals surface area contributed by atoms with E-state index in [1.165, 1.54) is 6.20 Å². The van der Waals surface area contributed by atoms with Crippen molar-refractivity contribution in [1.82, 2.24) is 10.3 Å². The average molecular weight is 306 g/mol. The zero-order valence-corrected chi connectivity index (χ0v) is 9.19. The zero-order valence-electron chi connectivity index (χ0n) is 7.03. The summed E-state index contributed by atoms with van der Waals surface area (Å²) in [6, 6.07) is 3.33. The first-order chi connectivity index (χ1) is 6.59. The number of pyridine rings is 1. The highest BCUT2D eigenvalue weighted by Crippen LogP contribution is 2.04. The lowest BCUT2D eigenvalue weighted by Gasteiger charge is -2.01. The van der Waals surface area contributed by atoms with Gasteiger partial charge in [0.2, 0.25) is 0 Å². The molecule has 5 nitrogen and oxygen atoms in total. The normalized spacial score (nSPS) is 9.50. The van der Waals surface area contributed by atoms with Crippen LogP contribution >= 0.6 is 22.6 Å². The van der Waals surface area contributed by atoms with Crippen molar-refractivity contribution in [2.24, 2.45) is 0 Å². The van der Waals surface area contributed by atoms with Crippen molar-refractivity contribution in [2.75, 3.05) is 6.54 Å². The number of halogens is 1. The fourth-order valence-electron chi connectivity index (χ4n) is 0.775. The SMILES string of the molecule is O=C(O)CNC(=O)c1cc(I)ccn1. The van der Waals surface area contributed by atoms with Gasteiger partial charge in [0, 0.05) is 9.77 Å². The van der Waals surface area contributed by atoms with Gasteiger partial charge in [-0.1, -0.05) is 0 Å². The van der Waals surface area contributed by atoms with E-state index in [0.717, 1.165) is 3.57 Å². The van der Waals surface area contributed by atoms with Gasteiger partial charge in [0.15, 0.2) is 0 Å². The number of nitrogens with zero attached hydrogens (tertiary/aromatic N) is 1. The maximum Gasteiger partial charge on any atom is 0.322 e. The number of carbonyl (C=O) groups is 2. The fourth-order valence-corrected chi connectivity index (χ4v) is 1.23. The van der Waals surface area contributed by atoms with Crippen LogP contribution in [0.5, 0.6) is 0 Å². The smallest absolute Gasteiger partial charge is 0.322 e. The van der Waals surface area contributed by atoms with Gasteiger partial charge in [-0.3, -0.25) is 14.6 Å². The second-order valence-electron chi connectivity index (χ2n) is 2.44. The molecule has 0 radical (unpaired) electrons. The molecule has 0 bridgehead atoms. The van der Waals surface area contributed by atoms with Crippen LogP contribution in [-0.4, -0.2) is 28.5 Å². The Hall–Kier alpha value is -1.18. The molecule has 0 saturated carbocycles. The third kappa shape index (κ3) is 3.29. The Balaban J connectivity index is 2.65. The van der Waals surface area contributed by atoms with Gasteiger partial charge >= 0.3 is 5.97 Å². The minimum Gasteiger partial charge on any atom is -0.480 e. The second kappa shape index (κ2) is 4.89. The summed E-state index contributed by atoms with van der Waals surface area (Å²) >= 11 is 2.04. The number of aromatic nitrogens is 1. The molecule has 1 aromatic rings. The van der Waals surface area contributed by atoms with Crippen molar-refractivity contribution in [2.45, 2.75) is 0 Å². The number of hydrogen-bond acceptors (Lipinski definition) is 3. The van der Waals surface area contributed by atoms with Crippen molar-refractivity contribution < 1.29 is 14.7 Å². The molecule has 1 aromatic heterocycles. The van der Waals surface area contributed by atoms with Crippen molar-refractivity contribution >= 4 is 34.5 Å². The molecule has 0 spiro atoms. The quantitative estimate of drug-likeness (QED) is 0.797. The fraction of sp³-hybridized carbons (Fsp3) is 0.125. The molecule has 2 N–H and O–H groups in total. The highest BCUT2D eigenvalue weighted by molar-refractivity contribution is 14.1. The molecule has 0 aliphatic carbocycles. The number of nitrogens with one attached hydrogen (secondary N) is 1. The molecular weight excluding hydrogens is 299 g/mol. The predicted molar refractivity (Wildman–Crippen MR) is 56.9 cm³/mol. The minimum absolute atomic E-state index is 0.221. The molecular formula is C8H7IN2O3. The maximum atomic E-state index is 11.3. The monoisotopic (exact) mass is 306 g/mol. The summed E-state index contributed by atoms with van der Waals surface area (Å²) in [5.74, 6) is -1.56. The molecule has 6 heteroatoms. The summed E-state index contributed by atoms with van der Waals surface area (Å²) in [5, 5.41) is 10.5. The van der Waals surface area contributed by atoms with E-state index in [-0.39, 0.29) is 5.69 Å².